The molecule has 0 saturated heterocycles. The lowest BCUT2D eigenvalue weighted by Crippen LogP contribution is -2.29. The highest BCUT2D eigenvalue weighted by molar-refractivity contribution is 5.58. The Balaban J connectivity index is 1.92. The van der Waals surface area contributed by atoms with Gasteiger partial charge >= 0.3 is 0 Å². The maximum Gasteiger partial charge on any atom is 0.0646 e. The van der Waals surface area contributed by atoms with Gasteiger partial charge in [0.2, 0.25) is 0 Å². The number of nitrogens with two attached hydrogens (primary N) is 1. The third-order valence-corrected chi connectivity index (χ3v) is 4.47. The van der Waals surface area contributed by atoms with Gasteiger partial charge in [0.25, 0.3) is 0 Å². The van der Waals surface area contributed by atoms with Crippen LogP contribution in [-0.2, 0) is 13.0 Å². The van der Waals surface area contributed by atoms with Crippen LogP contribution in [0.2, 0.25) is 0 Å². The molecule has 3 rings (SSSR count). The van der Waals surface area contributed by atoms with Crippen molar-refractivity contribution >= 4 is 11.4 Å². The highest BCUT2D eigenvalue weighted by Crippen LogP contribution is 2.30. The maximum atomic E-state index is 6.14. The lowest BCUT2D eigenvalue weighted by Gasteiger charge is -2.32. The number of nitrogen functional groups attached to an aromatic ring is 1. The standard InChI is InChI=1S/C18H23N3/c1-12-6-7-17-15(9-12)5-4-8-21(17)11-16-14(3)18(19)13(2)10-20-16/h6-7,9-10H,4-5,8,11H2,1-3H3,(H2,19,20). The molecular weight excluding hydrogens is 258 g/mol. The second-order valence-electron chi connectivity index (χ2n) is 6.08. The molecule has 110 valence electrons. The third kappa shape index (κ3) is 2.60. The average molecular weight is 281 g/mol. The third-order valence-electron chi connectivity index (χ3n) is 4.47. The number of hydrogen-bond acceptors (Lipinski definition) is 3. The number of benzene rings is 1. The summed E-state index contributed by atoms with van der Waals surface area (Å²) in [6.07, 6.45) is 4.27. The zero-order valence-corrected chi connectivity index (χ0v) is 13.1. The quantitative estimate of drug-likeness (QED) is 0.915. The van der Waals surface area contributed by atoms with Crippen molar-refractivity contribution in [1.29, 1.82) is 0 Å². The zero-order chi connectivity index (χ0) is 15.0. The van der Waals surface area contributed by atoms with Crippen LogP contribution >= 0.6 is 0 Å². The van der Waals surface area contributed by atoms with E-state index >= 15 is 0 Å². The molecule has 1 aliphatic heterocycles. The van der Waals surface area contributed by atoms with E-state index in [1.54, 1.807) is 0 Å². The van der Waals surface area contributed by atoms with E-state index in [9.17, 15) is 0 Å². The van der Waals surface area contributed by atoms with Crippen LogP contribution in [-0.4, -0.2) is 11.5 Å². The van der Waals surface area contributed by atoms with Crippen LogP contribution in [0.15, 0.2) is 24.4 Å². The van der Waals surface area contributed by atoms with Crippen molar-refractivity contribution in [3.05, 3.63) is 52.3 Å². The van der Waals surface area contributed by atoms with Crippen molar-refractivity contribution in [1.82, 2.24) is 4.98 Å². The molecule has 3 nitrogen and oxygen atoms in total. The van der Waals surface area contributed by atoms with E-state index in [4.69, 9.17) is 5.73 Å². The van der Waals surface area contributed by atoms with Crippen molar-refractivity contribution in [2.75, 3.05) is 17.2 Å². The first-order valence-electron chi connectivity index (χ1n) is 7.61. The predicted octanol–water partition coefficient (Wildman–Crippen LogP) is 3.54. The number of nitrogens with zero attached hydrogens (tertiary/aromatic N) is 2. The highest BCUT2D eigenvalue weighted by atomic mass is 15.1. The van der Waals surface area contributed by atoms with E-state index in [1.807, 2.05) is 13.1 Å². The Kier molecular flexibility index (Phi) is 3.58. The lowest BCUT2D eigenvalue weighted by atomic mass is 9.99. The van der Waals surface area contributed by atoms with Gasteiger partial charge in [0.15, 0.2) is 0 Å². The second kappa shape index (κ2) is 5.40. The molecule has 2 aromatic rings. The molecule has 1 aromatic carbocycles. The van der Waals surface area contributed by atoms with Crippen molar-refractivity contribution < 1.29 is 0 Å². The van der Waals surface area contributed by atoms with Gasteiger partial charge in [0, 0.05) is 24.1 Å². The minimum Gasteiger partial charge on any atom is -0.398 e. The lowest BCUT2D eigenvalue weighted by molar-refractivity contribution is 0.681. The monoisotopic (exact) mass is 281 g/mol. The van der Waals surface area contributed by atoms with Crippen LogP contribution in [0.4, 0.5) is 11.4 Å². The van der Waals surface area contributed by atoms with E-state index in [0.29, 0.717) is 0 Å². The number of aryl methyl sites for hydroxylation is 3. The molecular formula is C18H23N3. The van der Waals surface area contributed by atoms with Crippen molar-refractivity contribution in [2.24, 2.45) is 0 Å². The SMILES string of the molecule is Cc1ccc2c(c1)CCCN2Cc1ncc(C)c(N)c1C. The van der Waals surface area contributed by atoms with Gasteiger partial charge in [0.1, 0.15) is 0 Å². The molecule has 0 bridgehead atoms. The summed E-state index contributed by atoms with van der Waals surface area (Å²) in [4.78, 5) is 7.03. The number of rotatable bonds is 2. The molecule has 0 atom stereocenters. The fourth-order valence-corrected chi connectivity index (χ4v) is 3.10. The fraction of sp³-hybridized carbons (Fsp3) is 0.389. The molecule has 0 amide bonds. The summed E-state index contributed by atoms with van der Waals surface area (Å²) in [5, 5.41) is 0. The molecule has 0 unspecified atom stereocenters. The van der Waals surface area contributed by atoms with Crippen LogP contribution in [0.5, 0.6) is 0 Å². The van der Waals surface area contributed by atoms with Crippen LogP contribution in [0.3, 0.4) is 0 Å². The Morgan fingerprint density at radius 2 is 2.05 bits per heavy atom. The Bertz CT molecular complexity index is 676. The van der Waals surface area contributed by atoms with Gasteiger partial charge in [-0.15, -0.1) is 0 Å². The first-order valence-corrected chi connectivity index (χ1v) is 7.61. The molecule has 21 heavy (non-hydrogen) atoms. The van der Waals surface area contributed by atoms with Gasteiger partial charge in [-0.05, 0) is 56.4 Å². The van der Waals surface area contributed by atoms with Crippen LogP contribution in [0.25, 0.3) is 0 Å². The Morgan fingerprint density at radius 1 is 1.24 bits per heavy atom. The van der Waals surface area contributed by atoms with E-state index in [0.717, 1.165) is 35.6 Å². The summed E-state index contributed by atoms with van der Waals surface area (Å²) in [6, 6.07) is 6.75. The van der Waals surface area contributed by atoms with E-state index in [1.165, 1.54) is 29.7 Å². The zero-order valence-electron chi connectivity index (χ0n) is 13.1. The topological polar surface area (TPSA) is 42.2 Å². The molecule has 1 aliphatic rings. The molecule has 2 heterocycles. The molecule has 0 saturated carbocycles. The minimum atomic E-state index is 0.840. The van der Waals surface area contributed by atoms with Gasteiger partial charge in [0.05, 0.1) is 12.2 Å². The maximum absolute atomic E-state index is 6.14. The summed E-state index contributed by atoms with van der Waals surface area (Å²) in [6.45, 7) is 8.17. The van der Waals surface area contributed by atoms with Crippen molar-refractivity contribution in [3.8, 4) is 0 Å². The molecule has 3 heteroatoms. The number of aromatic nitrogens is 1. The van der Waals surface area contributed by atoms with Gasteiger partial charge in [-0.1, -0.05) is 17.7 Å². The largest absolute Gasteiger partial charge is 0.398 e. The molecule has 0 aliphatic carbocycles. The van der Waals surface area contributed by atoms with E-state index < -0.39 is 0 Å². The number of hydrogen-bond donors (Lipinski definition) is 1. The summed E-state index contributed by atoms with van der Waals surface area (Å²) >= 11 is 0. The Labute approximate surface area is 126 Å². The van der Waals surface area contributed by atoms with Gasteiger partial charge in [-0.25, -0.2) is 0 Å². The van der Waals surface area contributed by atoms with Gasteiger partial charge in [-0.3, -0.25) is 4.98 Å². The molecule has 0 fully saturated rings. The Morgan fingerprint density at radius 3 is 2.86 bits per heavy atom. The second-order valence-corrected chi connectivity index (χ2v) is 6.08. The van der Waals surface area contributed by atoms with Crippen LogP contribution in [0.1, 0.15) is 34.4 Å². The van der Waals surface area contributed by atoms with Gasteiger partial charge in [-0.2, -0.15) is 0 Å². The molecule has 0 spiro atoms. The summed E-state index contributed by atoms with van der Waals surface area (Å²) in [7, 11) is 0. The fourth-order valence-electron chi connectivity index (χ4n) is 3.10. The highest BCUT2D eigenvalue weighted by Gasteiger charge is 2.18. The predicted molar refractivity (Wildman–Crippen MR) is 88.7 cm³/mol. The first-order chi connectivity index (χ1) is 10.1. The van der Waals surface area contributed by atoms with Crippen LogP contribution < -0.4 is 10.6 Å². The molecule has 1 aromatic heterocycles. The average Bonchev–Trinajstić information content (AvgIpc) is 2.48. The van der Waals surface area contributed by atoms with Gasteiger partial charge < -0.3 is 10.6 Å². The molecule has 2 N–H and O–H groups in total. The number of anilines is 2. The number of pyridine rings is 1. The summed E-state index contributed by atoms with van der Waals surface area (Å²) < 4.78 is 0. The first kappa shape index (κ1) is 13.9. The van der Waals surface area contributed by atoms with Crippen molar-refractivity contribution in [3.63, 3.8) is 0 Å². The minimum absolute atomic E-state index is 0.840. The van der Waals surface area contributed by atoms with E-state index in [-0.39, 0.29) is 0 Å². The van der Waals surface area contributed by atoms with Crippen molar-refractivity contribution in [2.45, 2.75) is 40.2 Å². The summed E-state index contributed by atoms with van der Waals surface area (Å²) in [5.74, 6) is 0. The normalized spacial score (nSPS) is 14.1. The summed E-state index contributed by atoms with van der Waals surface area (Å²) in [5.41, 5.74) is 14.4. The smallest absolute Gasteiger partial charge is 0.0646 e. The van der Waals surface area contributed by atoms with Crippen LogP contribution in [0, 0.1) is 20.8 Å². The van der Waals surface area contributed by atoms with E-state index in [2.05, 4.69) is 41.9 Å². The number of fused-ring (bicyclic) bond motifs is 1. The molecule has 0 radical (unpaired) electrons. The Hall–Kier alpha value is -2.03.